The lowest BCUT2D eigenvalue weighted by Gasteiger charge is -2.31. The predicted octanol–water partition coefficient (Wildman–Crippen LogP) is 4.04. The molecule has 5 nitrogen and oxygen atoms in total. The number of aromatic amines is 1. The van der Waals surface area contributed by atoms with Crippen LogP contribution in [0.3, 0.4) is 0 Å². The number of hydrogen-bond acceptors (Lipinski definition) is 4. The van der Waals surface area contributed by atoms with Gasteiger partial charge < -0.3 is 9.72 Å². The zero-order valence-corrected chi connectivity index (χ0v) is 15.5. The van der Waals surface area contributed by atoms with Crippen molar-refractivity contribution in [3.63, 3.8) is 0 Å². The summed E-state index contributed by atoms with van der Waals surface area (Å²) < 4.78 is 5.52. The molecule has 3 heterocycles. The first-order valence-corrected chi connectivity index (χ1v) is 9.47. The summed E-state index contributed by atoms with van der Waals surface area (Å²) in [5.41, 5.74) is 5.48. The Balaban J connectivity index is 1.35. The average Bonchev–Trinajstić information content (AvgIpc) is 3.07. The molecule has 1 saturated heterocycles. The van der Waals surface area contributed by atoms with Crippen molar-refractivity contribution in [2.45, 2.75) is 39.2 Å². The molecule has 26 heavy (non-hydrogen) atoms. The minimum Gasteiger partial charge on any atom is -0.494 e. The lowest BCUT2D eigenvalue weighted by Crippen LogP contribution is -2.32. The molecule has 0 aliphatic carbocycles. The van der Waals surface area contributed by atoms with Gasteiger partial charge >= 0.3 is 0 Å². The molecule has 1 fully saturated rings. The van der Waals surface area contributed by atoms with Crippen molar-refractivity contribution < 1.29 is 4.74 Å². The van der Waals surface area contributed by atoms with Gasteiger partial charge in [-0.1, -0.05) is 12.1 Å². The molecule has 1 aliphatic heterocycles. The van der Waals surface area contributed by atoms with E-state index in [1.165, 1.54) is 24.1 Å². The third kappa shape index (κ3) is 3.73. The van der Waals surface area contributed by atoms with Gasteiger partial charge in [0.15, 0.2) is 5.65 Å². The molecule has 2 aromatic heterocycles. The van der Waals surface area contributed by atoms with E-state index in [-0.39, 0.29) is 0 Å². The molecule has 0 atom stereocenters. The maximum absolute atomic E-state index is 5.52. The van der Waals surface area contributed by atoms with E-state index in [9.17, 15) is 0 Å². The van der Waals surface area contributed by atoms with E-state index >= 15 is 0 Å². The van der Waals surface area contributed by atoms with Crippen LogP contribution in [0.5, 0.6) is 5.75 Å². The Labute approximate surface area is 154 Å². The van der Waals surface area contributed by atoms with Crippen molar-refractivity contribution in [2.75, 3.05) is 19.7 Å². The number of nitrogens with one attached hydrogen (secondary N) is 1. The lowest BCUT2D eigenvalue weighted by molar-refractivity contribution is 0.203. The summed E-state index contributed by atoms with van der Waals surface area (Å²) in [5, 5.41) is 0. The quantitative estimate of drug-likeness (QED) is 0.754. The number of H-pyrrole nitrogens is 1. The fraction of sp³-hybridized carbons (Fsp3) is 0.429. The third-order valence-corrected chi connectivity index (χ3v) is 5.14. The zero-order chi connectivity index (χ0) is 17.9. The maximum Gasteiger partial charge on any atom is 0.156 e. The Bertz CT molecular complexity index is 863. The molecule has 0 radical (unpaired) electrons. The molecular weight excluding hydrogens is 324 g/mol. The zero-order valence-electron chi connectivity index (χ0n) is 15.5. The average molecular weight is 350 g/mol. The highest BCUT2D eigenvalue weighted by molar-refractivity contribution is 5.71. The van der Waals surface area contributed by atoms with E-state index in [0.29, 0.717) is 12.5 Å². The van der Waals surface area contributed by atoms with E-state index in [1.54, 1.807) is 0 Å². The summed E-state index contributed by atoms with van der Waals surface area (Å²) >= 11 is 0. The van der Waals surface area contributed by atoms with Crippen LogP contribution >= 0.6 is 0 Å². The number of aromatic nitrogens is 3. The standard InChI is InChI=1S/C21H26N4O/c1-3-26-18-6-4-16(5-7-18)14-25-10-8-17(9-11-25)19-12-20-21(24-19)23-15(2)13-22-20/h4-7,12-13,17H,3,8-11,14H2,1-2H3,(H,23,24). The van der Waals surface area contributed by atoms with E-state index in [0.717, 1.165) is 42.2 Å². The van der Waals surface area contributed by atoms with Crippen LogP contribution in [0.2, 0.25) is 0 Å². The van der Waals surface area contributed by atoms with Gasteiger partial charge in [-0.05, 0) is 63.5 Å². The van der Waals surface area contributed by atoms with Crippen molar-refractivity contribution in [2.24, 2.45) is 0 Å². The monoisotopic (exact) mass is 350 g/mol. The Morgan fingerprint density at radius 3 is 2.69 bits per heavy atom. The second-order valence-electron chi connectivity index (χ2n) is 7.10. The first-order valence-electron chi connectivity index (χ1n) is 9.47. The molecule has 0 spiro atoms. The molecule has 1 N–H and O–H groups in total. The third-order valence-electron chi connectivity index (χ3n) is 5.14. The van der Waals surface area contributed by atoms with E-state index < -0.39 is 0 Å². The minimum atomic E-state index is 0.572. The van der Waals surface area contributed by atoms with Crippen molar-refractivity contribution in [1.82, 2.24) is 19.9 Å². The van der Waals surface area contributed by atoms with Crippen molar-refractivity contribution in [1.29, 1.82) is 0 Å². The van der Waals surface area contributed by atoms with Gasteiger partial charge in [-0.3, -0.25) is 9.88 Å². The molecule has 0 unspecified atom stereocenters. The van der Waals surface area contributed by atoms with Crippen molar-refractivity contribution in [3.05, 3.63) is 53.5 Å². The highest BCUT2D eigenvalue weighted by Crippen LogP contribution is 2.29. The molecule has 4 rings (SSSR count). The number of benzene rings is 1. The Kier molecular flexibility index (Phi) is 4.89. The van der Waals surface area contributed by atoms with Gasteiger partial charge in [0.2, 0.25) is 0 Å². The summed E-state index contributed by atoms with van der Waals surface area (Å²) in [6.45, 7) is 7.95. The highest BCUT2D eigenvalue weighted by Gasteiger charge is 2.22. The SMILES string of the molecule is CCOc1ccc(CN2CCC(c3cc4ncc(C)nc4[nH]3)CC2)cc1. The minimum absolute atomic E-state index is 0.572. The Morgan fingerprint density at radius 1 is 1.19 bits per heavy atom. The van der Waals surface area contributed by atoms with Crippen LogP contribution in [0.1, 0.15) is 42.6 Å². The molecule has 0 saturated carbocycles. The molecule has 5 heteroatoms. The maximum atomic E-state index is 5.52. The number of nitrogens with zero attached hydrogens (tertiary/aromatic N) is 3. The molecule has 1 aliphatic rings. The summed E-state index contributed by atoms with van der Waals surface area (Å²) in [5.74, 6) is 1.52. The second kappa shape index (κ2) is 7.46. The highest BCUT2D eigenvalue weighted by atomic mass is 16.5. The number of rotatable bonds is 5. The molecule has 3 aromatic rings. The number of fused-ring (bicyclic) bond motifs is 1. The number of piperidine rings is 1. The fourth-order valence-electron chi connectivity index (χ4n) is 3.74. The van der Waals surface area contributed by atoms with Gasteiger partial charge in [0, 0.05) is 24.4 Å². The van der Waals surface area contributed by atoms with Crippen LogP contribution in [-0.2, 0) is 6.54 Å². The fourth-order valence-corrected chi connectivity index (χ4v) is 3.74. The molecule has 0 bridgehead atoms. The van der Waals surface area contributed by atoms with Crippen LogP contribution in [0.25, 0.3) is 11.2 Å². The molecule has 1 aromatic carbocycles. The van der Waals surface area contributed by atoms with Gasteiger partial charge in [-0.15, -0.1) is 0 Å². The van der Waals surface area contributed by atoms with E-state index in [4.69, 9.17) is 4.74 Å². The first kappa shape index (κ1) is 17.0. The summed E-state index contributed by atoms with van der Waals surface area (Å²) in [4.78, 5) is 15.0. The first-order chi connectivity index (χ1) is 12.7. The molecular formula is C21H26N4O. The van der Waals surface area contributed by atoms with Crippen LogP contribution < -0.4 is 4.74 Å². The normalized spacial score (nSPS) is 16.2. The second-order valence-corrected chi connectivity index (χ2v) is 7.10. The smallest absolute Gasteiger partial charge is 0.156 e. The Morgan fingerprint density at radius 2 is 1.96 bits per heavy atom. The van der Waals surface area contributed by atoms with E-state index in [2.05, 4.69) is 50.2 Å². The van der Waals surface area contributed by atoms with Gasteiger partial charge in [-0.2, -0.15) is 0 Å². The van der Waals surface area contributed by atoms with Gasteiger partial charge in [-0.25, -0.2) is 4.98 Å². The number of likely N-dealkylation sites (tertiary alicyclic amines) is 1. The van der Waals surface area contributed by atoms with Crippen molar-refractivity contribution >= 4 is 11.2 Å². The van der Waals surface area contributed by atoms with Gasteiger partial charge in [0.05, 0.1) is 12.3 Å². The number of ether oxygens (including phenoxy) is 1. The Hall–Kier alpha value is -2.40. The topological polar surface area (TPSA) is 54.0 Å². The lowest BCUT2D eigenvalue weighted by atomic mass is 9.93. The van der Waals surface area contributed by atoms with Crippen LogP contribution in [0, 0.1) is 6.92 Å². The van der Waals surface area contributed by atoms with E-state index in [1.807, 2.05) is 20.0 Å². The largest absolute Gasteiger partial charge is 0.494 e. The van der Waals surface area contributed by atoms with Crippen LogP contribution in [0.4, 0.5) is 0 Å². The number of hydrogen-bond donors (Lipinski definition) is 1. The number of aryl methyl sites for hydroxylation is 1. The molecule has 136 valence electrons. The van der Waals surface area contributed by atoms with Crippen LogP contribution in [0.15, 0.2) is 36.5 Å². The van der Waals surface area contributed by atoms with Gasteiger partial charge in [0.1, 0.15) is 11.3 Å². The van der Waals surface area contributed by atoms with Crippen molar-refractivity contribution in [3.8, 4) is 5.75 Å². The molecule has 0 amide bonds. The summed E-state index contributed by atoms with van der Waals surface area (Å²) in [6.07, 6.45) is 4.17. The van der Waals surface area contributed by atoms with Crippen LogP contribution in [-0.4, -0.2) is 39.5 Å². The predicted molar refractivity (Wildman–Crippen MR) is 103 cm³/mol. The summed E-state index contributed by atoms with van der Waals surface area (Å²) in [7, 11) is 0. The van der Waals surface area contributed by atoms with Gasteiger partial charge in [0.25, 0.3) is 0 Å². The summed E-state index contributed by atoms with van der Waals surface area (Å²) in [6, 6.07) is 10.7.